The van der Waals surface area contributed by atoms with Gasteiger partial charge in [0.2, 0.25) is 5.91 Å². The number of nitro groups is 1. The summed E-state index contributed by atoms with van der Waals surface area (Å²) in [6, 6.07) is 4.87. The molecule has 104 valence electrons. The molecule has 0 aliphatic rings. The lowest BCUT2D eigenvalue weighted by Crippen LogP contribution is -2.09. The molecule has 6 nitrogen and oxygen atoms in total. The molecule has 0 saturated carbocycles. The molecular formula is C12H10FN3O3S. The minimum atomic E-state index is -0.689. The number of rotatable bonds is 5. The highest BCUT2D eigenvalue weighted by molar-refractivity contribution is 7.10. The average Bonchev–Trinajstić information content (AvgIpc) is 2.84. The molecule has 2 rings (SSSR count). The summed E-state index contributed by atoms with van der Waals surface area (Å²) in [5, 5.41) is 15.1. The van der Waals surface area contributed by atoms with Crippen molar-refractivity contribution in [3.8, 4) is 0 Å². The second kappa shape index (κ2) is 5.66. The number of benzene rings is 1. The molecule has 0 bridgehead atoms. The quantitative estimate of drug-likeness (QED) is 0.654. The largest absolute Gasteiger partial charge is 0.380 e. The van der Waals surface area contributed by atoms with Crippen molar-refractivity contribution >= 4 is 28.6 Å². The normalized spacial score (nSPS) is 10.2. The van der Waals surface area contributed by atoms with Crippen LogP contribution in [0, 0.1) is 15.9 Å². The number of carbonyl (C=O) groups is 1. The van der Waals surface area contributed by atoms with Crippen LogP contribution >= 0.6 is 11.3 Å². The van der Waals surface area contributed by atoms with E-state index < -0.39 is 16.6 Å². The number of nitro benzene ring substituents is 1. The predicted molar refractivity (Wildman–Crippen MR) is 73.2 cm³/mol. The van der Waals surface area contributed by atoms with Gasteiger partial charge < -0.3 is 11.1 Å². The van der Waals surface area contributed by atoms with Gasteiger partial charge in [-0.2, -0.15) is 0 Å². The number of carbonyl (C=O) groups excluding carboxylic acids is 1. The van der Waals surface area contributed by atoms with Crippen molar-refractivity contribution in [2.45, 2.75) is 6.54 Å². The van der Waals surface area contributed by atoms with E-state index in [-0.39, 0.29) is 5.69 Å². The number of primary amides is 1. The van der Waals surface area contributed by atoms with Crippen LogP contribution in [0.15, 0.2) is 29.6 Å². The van der Waals surface area contributed by atoms with E-state index in [0.29, 0.717) is 17.8 Å². The first kappa shape index (κ1) is 13.9. The summed E-state index contributed by atoms with van der Waals surface area (Å²) in [6.07, 6.45) is 0. The van der Waals surface area contributed by atoms with Crippen LogP contribution in [-0.2, 0) is 6.54 Å². The minimum Gasteiger partial charge on any atom is -0.380 e. The second-order valence-corrected chi connectivity index (χ2v) is 4.97. The first-order valence-corrected chi connectivity index (χ1v) is 6.40. The van der Waals surface area contributed by atoms with Gasteiger partial charge in [0, 0.05) is 28.6 Å². The van der Waals surface area contributed by atoms with Crippen LogP contribution in [0.1, 0.15) is 15.2 Å². The number of nitrogens with one attached hydrogen (secondary N) is 1. The Balaban J connectivity index is 2.10. The maximum atomic E-state index is 13.2. The van der Waals surface area contributed by atoms with Gasteiger partial charge >= 0.3 is 0 Å². The molecule has 1 aromatic carbocycles. The Kier molecular flexibility index (Phi) is 3.94. The lowest BCUT2D eigenvalue weighted by atomic mass is 10.2. The zero-order valence-electron chi connectivity index (χ0n) is 10.1. The summed E-state index contributed by atoms with van der Waals surface area (Å²) in [6.45, 7) is 0.318. The van der Waals surface area contributed by atoms with Crippen LogP contribution in [0.4, 0.5) is 15.8 Å². The first-order valence-electron chi connectivity index (χ1n) is 5.52. The molecule has 8 heteroatoms. The molecule has 20 heavy (non-hydrogen) atoms. The van der Waals surface area contributed by atoms with E-state index in [2.05, 4.69) is 5.32 Å². The number of amides is 1. The van der Waals surface area contributed by atoms with E-state index >= 15 is 0 Å². The van der Waals surface area contributed by atoms with Crippen LogP contribution in [0.3, 0.4) is 0 Å². The topological polar surface area (TPSA) is 98.3 Å². The monoisotopic (exact) mass is 295 g/mol. The fourth-order valence-corrected chi connectivity index (χ4v) is 2.39. The van der Waals surface area contributed by atoms with Crippen molar-refractivity contribution in [2.24, 2.45) is 5.73 Å². The molecule has 0 aliphatic heterocycles. The lowest BCUT2D eigenvalue weighted by Gasteiger charge is -2.04. The summed E-state index contributed by atoms with van der Waals surface area (Å²) in [7, 11) is 0. The molecule has 1 heterocycles. The van der Waals surface area contributed by atoms with Crippen molar-refractivity contribution in [2.75, 3.05) is 5.32 Å². The summed E-state index contributed by atoms with van der Waals surface area (Å²) >= 11 is 1.32. The van der Waals surface area contributed by atoms with Crippen molar-refractivity contribution in [3.63, 3.8) is 0 Å². The Hall–Kier alpha value is -2.48. The van der Waals surface area contributed by atoms with Gasteiger partial charge in [0.05, 0.1) is 16.6 Å². The van der Waals surface area contributed by atoms with Crippen molar-refractivity contribution in [3.05, 3.63) is 56.0 Å². The van der Waals surface area contributed by atoms with E-state index in [1.54, 1.807) is 11.4 Å². The lowest BCUT2D eigenvalue weighted by molar-refractivity contribution is -0.385. The molecule has 0 radical (unpaired) electrons. The number of non-ortho nitro benzene ring substituents is 1. The Morgan fingerprint density at radius 2 is 2.15 bits per heavy atom. The molecule has 0 unspecified atom stereocenters. The fourth-order valence-electron chi connectivity index (χ4n) is 1.57. The third-order valence-electron chi connectivity index (χ3n) is 2.50. The highest BCUT2D eigenvalue weighted by Crippen LogP contribution is 2.22. The third-order valence-corrected chi connectivity index (χ3v) is 3.44. The maximum Gasteiger partial charge on any atom is 0.274 e. The number of hydrogen-bond acceptors (Lipinski definition) is 5. The Morgan fingerprint density at radius 1 is 1.40 bits per heavy atom. The molecule has 0 aliphatic carbocycles. The summed E-state index contributed by atoms with van der Waals surface area (Å²) in [4.78, 5) is 21.7. The summed E-state index contributed by atoms with van der Waals surface area (Å²) in [5.74, 6) is -1.21. The van der Waals surface area contributed by atoms with Crippen molar-refractivity contribution in [1.29, 1.82) is 0 Å². The zero-order chi connectivity index (χ0) is 14.7. The van der Waals surface area contributed by atoms with Crippen LogP contribution in [0.25, 0.3) is 0 Å². The van der Waals surface area contributed by atoms with E-state index in [4.69, 9.17) is 5.73 Å². The van der Waals surface area contributed by atoms with E-state index in [1.165, 1.54) is 17.4 Å². The first-order chi connectivity index (χ1) is 9.45. The molecule has 0 fully saturated rings. The number of nitrogens with zero attached hydrogens (tertiary/aromatic N) is 1. The van der Waals surface area contributed by atoms with Gasteiger partial charge in [0.25, 0.3) is 5.69 Å². The summed E-state index contributed by atoms with van der Waals surface area (Å²) < 4.78 is 13.2. The van der Waals surface area contributed by atoms with Crippen LogP contribution in [-0.4, -0.2) is 10.8 Å². The molecule has 0 atom stereocenters. The van der Waals surface area contributed by atoms with Gasteiger partial charge in [-0.3, -0.25) is 14.9 Å². The Morgan fingerprint density at radius 3 is 2.75 bits per heavy atom. The molecule has 0 saturated heterocycles. The SMILES string of the molecule is NC(=O)c1csc(CNc2cc(F)cc([N+](=O)[O-])c2)c1. The number of anilines is 1. The standard InChI is InChI=1S/C12H10FN3O3S/c13-8-2-9(4-10(3-8)16(18)19)15-5-11-1-7(6-20-11)12(14)17/h1-4,6,15H,5H2,(H2,14,17). The minimum absolute atomic E-state index is 0.297. The van der Waals surface area contributed by atoms with Crippen molar-refractivity contribution in [1.82, 2.24) is 0 Å². The van der Waals surface area contributed by atoms with Gasteiger partial charge in [0.1, 0.15) is 5.82 Å². The molecule has 1 aromatic heterocycles. The number of hydrogen-bond donors (Lipinski definition) is 2. The van der Waals surface area contributed by atoms with Gasteiger partial charge in [-0.05, 0) is 12.1 Å². The highest BCUT2D eigenvalue weighted by atomic mass is 32.1. The third kappa shape index (κ3) is 3.29. The number of thiophene rings is 1. The van der Waals surface area contributed by atoms with Crippen LogP contribution < -0.4 is 11.1 Å². The molecule has 1 amide bonds. The molecule has 2 aromatic rings. The second-order valence-electron chi connectivity index (χ2n) is 3.97. The Labute approximate surface area is 117 Å². The van der Waals surface area contributed by atoms with Gasteiger partial charge in [-0.15, -0.1) is 11.3 Å². The van der Waals surface area contributed by atoms with Gasteiger partial charge in [-0.25, -0.2) is 4.39 Å². The average molecular weight is 295 g/mol. The number of nitrogens with two attached hydrogens (primary N) is 1. The van der Waals surface area contributed by atoms with Gasteiger partial charge in [-0.1, -0.05) is 0 Å². The zero-order valence-corrected chi connectivity index (χ0v) is 10.9. The van der Waals surface area contributed by atoms with Crippen LogP contribution in [0.2, 0.25) is 0 Å². The Bertz CT molecular complexity index is 672. The van der Waals surface area contributed by atoms with Crippen LogP contribution in [0.5, 0.6) is 0 Å². The van der Waals surface area contributed by atoms with E-state index in [1.807, 2.05) is 0 Å². The number of halogens is 1. The highest BCUT2D eigenvalue weighted by Gasteiger charge is 2.10. The van der Waals surface area contributed by atoms with E-state index in [0.717, 1.165) is 17.0 Å². The smallest absolute Gasteiger partial charge is 0.274 e. The summed E-state index contributed by atoms with van der Waals surface area (Å²) in [5.41, 5.74) is 5.50. The fraction of sp³-hybridized carbons (Fsp3) is 0.0833. The van der Waals surface area contributed by atoms with E-state index in [9.17, 15) is 19.3 Å². The molecule has 3 N–H and O–H groups in total. The van der Waals surface area contributed by atoms with Crippen molar-refractivity contribution < 1.29 is 14.1 Å². The maximum absolute atomic E-state index is 13.2. The molecular weight excluding hydrogens is 285 g/mol. The van der Waals surface area contributed by atoms with Gasteiger partial charge in [0.15, 0.2) is 0 Å². The molecule has 0 spiro atoms. The predicted octanol–water partition coefficient (Wildman–Crippen LogP) is 2.51.